The van der Waals surface area contributed by atoms with Gasteiger partial charge in [0.1, 0.15) is 0 Å². The summed E-state index contributed by atoms with van der Waals surface area (Å²) in [5.74, 6) is -0.262. The van der Waals surface area contributed by atoms with Crippen molar-refractivity contribution in [2.75, 3.05) is 13.1 Å². The summed E-state index contributed by atoms with van der Waals surface area (Å²) in [6.07, 6.45) is 0. The Balaban J connectivity index is 2.90. The third-order valence-corrected chi connectivity index (χ3v) is 3.76. The number of hydrogen-bond donors (Lipinski definition) is 0. The van der Waals surface area contributed by atoms with Gasteiger partial charge >= 0.3 is 0 Å². The van der Waals surface area contributed by atoms with Gasteiger partial charge in [0, 0.05) is 23.1 Å². The molecule has 5 heteroatoms. The largest absolute Gasteiger partial charge is 0.338 e. The van der Waals surface area contributed by atoms with Crippen LogP contribution in [0.5, 0.6) is 0 Å². The third kappa shape index (κ3) is 3.72. The molecule has 1 aromatic rings. The maximum absolute atomic E-state index is 12.2. The van der Waals surface area contributed by atoms with E-state index in [-0.39, 0.29) is 11.8 Å². The van der Waals surface area contributed by atoms with E-state index in [4.69, 9.17) is 16.9 Å². The lowest BCUT2D eigenvalue weighted by Crippen LogP contribution is -2.34. The van der Waals surface area contributed by atoms with Crippen LogP contribution in [0.1, 0.15) is 24.2 Å². The lowest BCUT2D eigenvalue weighted by molar-refractivity contribution is 0.0752. The Morgan fingerprint density at radius 1 is 1.61 bits per heavy atom. The van der Waals surface area contributed by atoms with Crippen LogP contribution < -0.4 is 0 Å². The number of nitrogens with zero attached hydrogens (tertiary/aromatic N) is 2. The highest BCUT2D eigenvalue weighted by molar-refractivity contribution is 9.10. The summed E-state index contributed by atoms with van der Waals surface area (Å²) in [6, 6.07) is 7.20. The molecular formula is C13H14BrClN2O. The molecule has 0 N–H and O–H groups in total. The highest BCUT2D eigenvalue weighted by atomic mass is 79.9. The summed E-state index contributed by atoms with van der Waals surface area (Å²) >= 11 is 9.19. The lowest BCUT2D eigenvalue weighted by Gasteiger charge is -2.22. The van der Waals surface area contributed by atoms with E-state index in [0.717, 1.165) is 0 Å². The van der Waals surface area contributed by atoms with Crippen LogP contribution in [-0.2, 0) is 0 Å². The summed E-state index contributed by atoms with van der Waals surface area (Å²) in [5, 5.41) is 9.37. The second kappa shape index (κ2) is 6.77. The van der Waals surface area contributed by atoms with Gasteiger partial charge in [0.2, 0.25) is 0 Å². The van der Waals surface area contributed by atoms with E-state index >= 15 is 0 Å². The highest BCUT2D eigenvalue weighted by Crippen LogP contribution is 2.24. The van der Waals surface area contributed by atoms with Crippen LogP contribution in [0.2, 0.25) is 5.02 Å². The Kier molecular flexibility index (Phi) is 5.64. The molecule has 0 fully saturated rings. The second-order valence-corrected chi connectivity index (χ2v) is 5.26. The summed E-state index contributed by atoms with van der Waals surface area (Å²) in [5.41, 5.74) is 0.568. The fourth-order valence-corrected chi connectivity index (χ4v) is 2.04. The van der Waals surface area contributed by atoms with Gasteiger partial charge in [-0.3, -0.25) is 4.79 Å². The molecule has 0 aliphatic carbocycles. The zero-order valence-electron chi connectivity index (χ0n) is 10.3. The molecule has 1 unspecified atom stereocenters. The number of benzene rings is 1. The fraction of sp³-hybridized carbons (Fsp3) is 0.385. The van der Waals surface area contributed by atoms with E-state index in [1.54, 1.807) is 30.0 Å². The number of hydrogen-bond acceptors (Lipinski definition) is 2. The summed E-state index contributed by atoms with van der Waals surface area (Å²) in [7, 11) is 0. The normalized spacial score (nSPS) is 11.7. The standard InChI is InChI=1S/C13H14BrClN2O/c1-3-17(8-9(2)7-16)13(18)10-4-5-12(15)11(14)6-10/h4-6,9H,3,8H2,1-2H3. The van der Waals surface area contributed by atoms with Crippen molar-refractivity contribution in [1.82, 2.24) is 4.90 Å². The van der Waals surface area contributed by atoms with Gasteiger partial charge in [-0.25, -0.2) is 0 Å². The zero-order chi connectivity index (χ0) is 13.7. The monoisotopic (exact) mass is 328 g/mol. The smallest absolute Gasteiger partial charge is 0.253 e. The van der Waals surface area contributed by atoms with Crippen molar-refractivity contribution in [2.45, 2.75) is 13.8 Å². The van der Waals surface area contributed by atoms with Gasteiger partial charge in [-0.15, -0.1) is 0 Å². The number of rotatable bonds is 4. The molecule has 0 heterocycles. The van der Waals surface area contributed by atoms with Crippen LogP contribution in [0.4, 0.5) is 0 Å². The molecule has 0 aromatic heterocycles. The van der Waals surface area contributed by atoms with Crippen LogP contribution in [-0.4, -0.2) is 23.9 Å². The Morgan fingerprint density at radius 2 is 2.28 bits per heavy atom. The summed E-state index contributed by atoms with van der Waals surface area (Å²) in [6.45, 7) is 4.71. The van der Waals surface area contributed by atoms with Gasteiger partial charge in [0.05, 0.1) is 17.0 Å². The average molecular weight is 330 g/mol. The van der Waals surface area contributed by atoms with E-state index < -0.39 is 0 Å². The Labute approximate surface area is 120 Å². The molecule has 18 heavy (non-hydrogen) atoms. The molecule has 0 radical (unpaired) electrons. The third-order valence-electron chi connectivity index (χ3n) is 2.55. The topological polar surface area (TPSA) is 44.1 Å². The minimum Gasteiger partial charge on any atom is -0.338 e. The van der Waals surface area contributed by atoms with Crippen LogP contribution in [0, 0.1) is 17.2 Å². The van der Waals surface area contributed by atoms with Crippen molar-refractivity contribution in [3.05, 3.63) is 33.3 Å². The van der Waals surface area contributed by atoms with Crippen LogP contribution in [0.15, 0.2) is 22.7 Å². The average Bonchev–Trinajstić information content (AvgIpc) is 2.38. The van der Waals surface area contributed by atoms with Crippen LogP contribution in [0.3, 0.4) is 0 Å². The first kappa shape index (κ1) is 15.0. The number of nitriles is 1. The number of halogens is 2. The van der Waals surface area contributed by atoms with Crippen molar-refractivity contribution in [1.29, 1.82) is 5.26 Å². The number of carbonyl (C=O) groups is 1. The van der Waals surface area contributed by atoms with Crippen molar-refractivity contribution in [2.24, 2.45) is 5.92 Å². The minimum atomic E-state index is -0.176. The van der Waals surface area contributed by atoms with Crippen molar-refractivity contribution < 1.29 is 4.79 Å². The molecule has 3 nitrogen and oxygen atoms in total. The van der Waals surface area contributed by atoms with Crippen molar-refractivity contribution >= 4 is 33.4 Å². The second-order valence-electron chi connectivity index (χ2n) is 4.00. The first-order valence-corrected chi connectivity index (χ1v) is 6.80. The predicted molar refractivity (Wildman–Crippen MR) is 75.5 cm³/mol. The van der Waals surface area contributed by atoms with Gasteiger partial charge in [-0.05, 0) is 48.0 Å². The van der Waals surface area contributed by atoms with E-state index in [9.17, 15) is 4.79 Å². The number of amides is 1. The zero-order valence-corrected chi connectivity index (χ0v) is 12.6. The molecule has 0 aliphatic heterocycles. The predicted octanol–water partition coefficient (Wildman–Crippen LogP) is 3.72. The molecule has 1 aromatic carbocycles. The van der Waals surface area contributed by atoms with Gasteiger partial charge in [0.15, 0.2) is 0 Å². The highest BCUT2D eigenvalue weighted by Gasteiger charge is 2.17. The van der Waals surface area contributed by atoms with Gasteiger partial charge in [-0.2, -0.15) is 5.26 Å². The Bertz CT molecular complexity index is 484. The van der Waals surface area contributed by atoms with E-state index in [1.807, 2.05) is 6.92 Å². The molecule has 0 spiro atoms. The number of carbonyl (C=O) groups excluding carboxylic acids is 1. The van der Waals surface area contributed by atoms with E-state index in [2.05, 4.69) is 22.0 Å². The molecule has 1 rings (SSSR count). The lowest BCUT2D eigenvalue weighted by atomic mass is 10.1. The minimum absolute atomic E-state index is 0.0861. The van der Waals surface area contributed by atoms with Crippen molar-refractivity contribution in [3.8, 4) is 6.07 Å². The molecule has 0 bridgehead atoms. The van der Waals surface area contributed by atoms with Gasteiger partial charge in [0.25, 0.3) is 5.91 Å². The summed E-state index contributed by atoms with van der Waals surface area (Å²) in [4.78, 5) is 13.9. The van der Waals surface area contributed by atoms with E-state index in [0.29, 0.717) is 28.1 Å². The first-order chi connectivity index (χ1) is 8.49. The van der Waals surface area contributed by atoms with Gasteiger partial charge < -0.3 is 4.90 Å². The van der Waals surface area contributed by atoms with E-state index in [1.165, 1.54) is 0 Å². The SMILES string of the molecule is CCN(CC(C)C#N)C(=O)c1ccc(Cl)c(Br)c1. The maximum Gasteiger partial charge on any atom is 0.253 e. The maximum atomic E-state index is 12.2. The molecular weight excluding hydrogens is 316 g/mol. The summed E-state index contributed by atoms with van der Waals surface area (Å²) < 4.78 is 0.694. The molecule has 1 amide bonds. The Hall–Kier alpha value is -1.05. The quantitative estimate of drug-likeness (QED) is 0.845. The molecule has 1 atom stereocenters. The molecule has 0 saturated heterocycles. The molecule has 0 aliphatic rings. The first-order valence-electron chi connectivity index (χ1n) is 5.63. The molecule has 96 valence electrons. The fourth-order valence-electron chi connectivity index (χ4n) is 1.54. The van der Waals surface area contributed by atoms with Crippen LogP contribution >= 0.6 is 27.5 Å². The van der Waals surface area contributed by atoms with Crippen molar-refractivity contribution in [3.63, 3.8) is 0 Å². The van der Waals surface area contributed by atoms with Gasteiger partial charge in [-0.1, -0.05) is 11.6 Å². The van der Waals surface area contributed by atoms with Crippen LogP contribution in [0.25, 0.3) is 0 Å². The Morgan fingerprint density at radius 3 is 2.78 bits per heavy atom. The molecule has 0 saturated carbocycles.